The van der Waals surface area contributed by atoms with E-state index in [1.165, 1.54) is 0 Å². The summed E-state index contributed by atoms with van der Waals surface area (Å²) in [6.07, 6.45) is -34.5. The van der Waals surface area contributed by atoms with Crippen LogP contribution in [0.3, 0.4) is 0 Å². The summed E-state index contributed by atoms with van der Waals surface area (Å²) in [6, 6.07) is 0. The Morgan fingerprint density at radius 1 is 0.481 bits per heavy atom. The number of aliphatic hydroxyl groups is 13. The second-order valence-corrected chi connectivity index (χ2v) is 13.4. The quantitative estimate of drug-likeness (QED) is 0.0281. The summed E-state index contributed by atoms with van der Waals surface area (Å²) < 4.78 is 45.6. The molecule has 0 aliphatic carbocycles. The Kier molecular flexibility index (Phi) is 17.5. The molecule has 0 bridgehead atoms. The Labute approximate surface area is 308 Å². The highest BCUT2D eigenvalue weighted by molar-refractivity contribution is 5.75. The third-order valence-corrected chi connectivity index (χ3v) is 9.69. The zero-order valence-electron chi connectivity index (χ0n) is 29.0. The monoisotopic (exact) mass is 794 g/mol. The van der Waals surface area contributed by atoms with Crippen molar-refractivity contribution in [2.45, 2.75) is 149 Å². The van der Waals surface area contributed by atoms with Crippen LogP contribution in [0.5, 0.6) is 0 Å². The molecule has 20 atom stereocenters. The number of hydrogen-bond acceptors (Lipinski definition) is 23. The average Bonchev–Trinajstić information content (AvgIpc) is 3.17. The number of ether oxygens (including phenoxy) is 8. The molecule has 0 radical (unpaired) electrons. The maximum atomic E-state index is 11.4. The number of carbonyl (C=O) groups excluding carboxylic acids is 1. The van der Waals surface area contributed by atoms with Gasteiger partial charge in [0.15, 0.2) is 25.2 Å². The van der Waals surface area contributed by atoms with E-state index in [0.717, 1.165) is 0 Å². The van der Waals surface area contributed by atoms with E-state index in [4.69, 9.17) is 43.7 Å². The molecule has 4 aliphatic heterocycles. The minimum Gasteiger partial charge on any atom is -0.394 e. The maximum Gasteiger partial charge on any atom is 0.233 e. The van der Waals surface area contributed by atoms with Gasteiger partial charge >= 0.3 is 0 Å². The van der Waals surface area contributed by atoms with E-state index in [1.54, 1.807) is 0 Å². The predicted molar refractivity (Wildman–Crippen MR) is 168 cm³/mol. The Morgan fingerprint density at radius 3 is 1.28 bits per heavy atom. The molecule has 4 rings (SSSR count). The van der Waals surface area contributed by atoms with Crippen LogP contribution in [0.1, 0.15) is 25.7 Å². The molecule has 0 saturated carbocycles. The lowest BCUT2D eigenvalue weighted by Crippen LogP contribution is -2.68. The zero-order chi connectivity index (χ0) is 39.9. The number of amides is 1. The Hall–Kier alpha value is -1.41. The summed E-state index contributed by atoms with van der Waals surface area (Å²) in [6.45, 7) is -3.43. The summed E-state index contributed by atoms with van der Waals surface area (Å²) >= 11 is 0. The van der Waals surface area contributed by atoms with E-state index in [9.17, 15) is 71.2 Å². The minimum absolute atomic E-state index is 0.0442. The van der Waals surface area contributed by atoms with Crippen LogP contribution in [0.2, 0.25) is 0 Å². The molecule has 0 spiro atoms. The summed E-state index contributed by atoms with van der Waals surface area (Å²) in [5.41, 5.74) is 2.01. The van der Waals surface area contributed by atoms with Crippen LogP contribution in [-0.2, 0) is 42.7 Å². The molecule has 0 aromatic heterocycles. The number of aliphatic hydroxyl groups excluding tert-OH is 13. The van der Waals surface area contributed by atoms with E-state index in [1.807, 2.05) is 5.43 Å². The van der Waals surface area contributed by atoms with E-state index in [0.29, 0.717) is 19.3 Å². The van der Waals surface area contributed by atoms with Gasteiger partial charge in [-0.05, 0) is 12.8 Å². The third-order valence-electron chi connectivity index (χ3n) is 9.69. The Morgan fingerprint density at radius 2 is 0.852 bits per heavy atom. The highest BCUT2D eigenvalue weighted by Crippen LogP contribution is 2.35. The SMILES string of the molecule is NNC(=O)CCCCCO[C@H]1O[C@H](CO)[C@@H](O)[C@H](O)[C@H]1O[C@H]1O[C@H](CO)[C@@H](O)[C@H](O)[C@H]1O[C@H]1O[C@H](CO)[C@@H](O)[C@H](O)[C@H]1O[C@H]1O[C@H](CO)[C@@H](O)[C@H](O)[C@H]1O. The molecule has 4 aliphatic rings. The second kappa shape index (κ2) is 20.8. The van der Waals surface area contributed by atoms with E-state index >= 15 is 0 Å². The number of unbranched alkanes of at least 4 members (excludes halogenated alkanes) is 2. The molecule has 1 amide bonds. The van der Waals surface area contributed by atoms with Gasteiger partial charge < -0.3 is 104 Å². The highest BCUT2D eigenvalue weighted by Gasteiger charge is 2.56. The van der Waals surface area contributed by atoms with Crippen molar-refractivity contribution in [3.8, 4) is 0 Å². The predicted octanol–water partition coefficient (Wildman–Crippen LogP) is -9.17. The normalized spacial score (nSPS) is 46.0. The molecule has 4 fully saturated rings. The first-order chi connectivity index (χ1) is 25.7. The molecule has 0 aromatic carbocycles. The lowest BCUT2D eigenvalue weighted by molar-refractivity contribution is -0.406. The van der Waals surface area contributed by atoms with Crippen molar-refractivity contribution >= 4 is 5.91 Å². The number of rotatable bonds is 17. The lowest BCUT2D eigenvalue weighted by atomic mass is 9.96. The van der Waals surface area contributed by atoms with Gasteiger partial charge in [-0.15, -0.1) is 0 Å². The number of hydrogen-bond donors (Lipinski definition) is 15. The first-order valence-corrected chi connectivity index (χ1v) is 17.5. The molecule has 4 saturated heterocycles. The average molecular weight is 795 g/mol. The van der Waals surface area contributed by atoms with Crippen molar-refractivity contribution in [2.24, 2.45) is 5.84 Å². The lowest BCUT2D eigenvalue weighted by Gasteiger charge is -2.49. The molecule has 316 valence electrons. The molecule has 0 unspecified atom stereocenters. The van der Waals surface area contributed by atoms with E-state index in [2.05, 4.69) is 0 Å². The highest BCUT2D eigenvalue weighted by atomic mass is 16.8. The Balaban J connectivity index is 1.58. The fourth-order valence-electron chi connectivity index (χ4n) is 6.44. The van der Waals surface area contributed by atoms with E-state index in [-0.39, 0.29) is 18.9 Å². The van der Waals surface area contributed by atoms with Crippen molar-refractivity contribution in [3.63, 3.8) is 0 Å². The van der Waals surface area contributed by atoms with Gasteiger partial charge in [0, 0.05) is 13.0 Å². The first kappa shape index (κ1) is 45.3. The van der Waals surface area contributed by atoms with Gasteiger partial charge in [0.25, 0.3) is 0 Å². The number of nitrogens with two attached hydrogens (primary N) is 1. The van der Waals surface area contributed by atoms with Gasteiger partial charge in [0.1, 0.15) is 97.7 Å². The number of hydrazine groups is 1. The topological polar surface area (TPSA) is 392 Å². The van der Waals surface area contributed by atoms with Crippen LogP contribution in [0.25, 0.3) is 0 Å². The van der Waals surface area contributed by atoms with Crippen LogP contribution in [-0.4, -0.2) is 228 Å². The fourth-order valence-corrected chi connectivity index (χ4v) is 6.44. The zero-order valence-corrected chi connectivity index (χ0v) is 29.0. The molecular formula is C30H54N2O22. The fraction of sp³-hybridized carbons (Fsp3) is 0.967. The van der Waals surface area contributed by atoms with Crippen LogP contribution >= 0.6 is 0 Å². The molecule has 54 heavy (non-hydrogen) atoms. The third kappa shape index (κ3) is 10.4. The van der Waals surface area contributed by atoms with Crippen LogP contribution < -0.4 is 11.3 Å². The molecule has 0 aromatic rings. The minimum atomic E-state index is -2.03. The summed E-state index contributed by atoms with van der Waals surface area (Å²) in [4.78, 5) is 11.4. The van der Waals surface area contributed by atoms with Crippen molar-refractivity contribution in [3.05, 3.63) is 0 Å². The second-order valence-electron chi connectivity index (χ2n) is 13.4. The van der Waals surface area contributed by atoms with Crippen molar-refractivity contribution in [1.82, 2.24) is 5.43 Å². The first-order valence-electron chi connectivity index (χ1n) is 17.5. The van der Waals surface area contributed by atoms with Crippen molar-refractivity contribution < 1.29 is 109 Å². The van der Waals surface area contributed by atoms with Gasteiger partial charge in [-0.1, -0.05) is 6.42 Å². The molecule has 24 nitrogen and oxygen atoms in total. The largest absolute Gasteiger partial charge is 0.394 e. The van der Waals surface area contributed by atoms with Gasteiger partial charge in [0.2, 0.25) is 5.91 Å². The standard InChI is InChI=1S/C30H54N2O22/c31-32-14(37)4-2-1-3-5-47-28-24(20(43)16(39)11(7-34)49-28)53-30-26(22(45)18(41)13(9-36)51-30)54-29-25(21(44)17(40)12(8-35)50-29)52-27-23(46)19(42)15(38)10(6-33)48-27/h10-13,15-30,33-36,38-46H,1-9,31H2,(H,32,37)/t10-,11-,12-,13-,15-,16-,17-,18-,19+,20+,21+,22+,23-,24-,25-,26-,27-,28+,29-,30-/m1/s1. The molecule has 4 heterocycles. The van der Waals surface area contributed by atoms with Crippen molar-refractivity contribution in [2.75, 3.05) is 33.0 Å². The van der Waals surface area contributed by atoms with Gasteiger partial charge in [0.05, 0.1) is 26.4 Å². The summed E-state index contributed by atoms with van der Waals surface area (Å²) in [7, 11) is 0. The van der Waals surface area contributed by atoms with Gasteiger partial charge in [-0.2, -0.15) is 0 Å². The number of carbonyl (C=O) groups is 1. The smallest absolute Gasteiger partial charge is 0.233 e. The van der Waals surface area contributed by atoms with E-state index < -0.39 is 149 Å². The summed E-state index contributed by atoms with van der Waals surface area (Å²) in [5, 5.41) is 136. The maximum absolute atomic E-state index is 11.4. The van der Waals surface area contributed by atoms with Crippen molar-refractivity contribution in [1.29, 1.82) is 0 Å². The summed E-state index contributed by atoms with van der Waals surface area (Å²) in [5.74, 6) is 4.71. The molecule has 24 heteroatoms. The number of nitrogens with one attached hydrogen (secondary N) is 1. The molecular weight excluding hydrogens is 740 g/mol. The molecule has 16 N–H and O–H groups in total. The van der Waals surface area contributed by atoms with Crippen LogP contribution in [0, 0.1) is 0 Å². The van der Waals surface area contributed by atoms with Gasteiger partial charge in [-0.25, -0.2) is 5.84 Å². The van der Waals surface area contributed by atoms with Gasteiger partial charge in [-0.3, -0.25) is 10.2 Å². The van der Waals surface area contributed by atoms with Crippen LogP contribution in [0.4, 0.5) is 0 Å². The van der Waals surface area contributed by atoms with Crippen LogP contribution in [0.15, 0.2) is 0 Å². The Bertz CT molecular complexity index is 1130.